The summed E-state index contributed by atoms with van der Waals surface area (Å²) in [6.45, 7) is 5.85. The number of carbonyl (C=O) groups excluding carboxylic acids is 2. The molecule has 6 heteroatoms. The number of rotatable bonds is 7. The fourth-order valence-corrected chi connectivity index (χ4v) is 2.96. The van der Waals surface area contributed by atoms with Gasteiger partial charge in [0, 0.05) is 13.1 Å². The Labute approximate surface area is 172 Å². The van der Waals surface area contributed by atoms with Gasteiger partial charge in [0.25, 0.3) is 0 Å². The molecule has 2 aromatic carbocycles. The molecule has 2 aromatic rings. The van der Waals surface area contributed by atoms with E-state index in [1.807, 2.05) is 36.4 Å². The van der Waals surface area contributed by atoms with Gasteiger partial charge in [0.05, 0.1) is 13.0 Å². The minimum atomic E-state index is -0.655. The van der Waals surface area contributed by atoms with Gasteiger partial charge < -0.3 is 19.5 Å². The summed E-state index contributed by atoms with van der Waals surface area (Å²) in [4.78, 5) is 26.8. The molecule has 156 valence electrons. The van der Waals surface area contributed by atoms with Crippen molar-refractivity contribution in [3.05, 3.63) is 65.7 Å². The summed E-state index contributed by atoms with van der Waals surface area (Å²) in [5.74, 6) is -0.896. The van der Waals surface area contributed by atoms with E-state index in [1.54, 1.807) is 39.0 Å². The van der Waals surface area contributed by atoms with Crippen molar-refractivity contribution in [3.63, 3.8) is 0 Å². The number of nitrogens with zero attached hydrogens (tertiary/aromatic N) is 1. The average molecular weight is 399 g/mol. The average Bonchev–Trinajstić information content (AvgIpc) is 2.65. The van der Waals surface area contributed by atoms with E-state index in [0.29, 0.717) is 13.0 Å². The summed E-state index contributed by atoms with van der Waals surface area (Å²) in [7, 11) is 1.33. The molecule has 0 saturated heterocycles. The lowest BCUT2D eigenvalue weighted by atomic mass is 9.98. The number of phenolic OH excluding ortho intramolecular Hbond substituents is 1. The molecule has 0 aliphatic rings. The molecule has 1 N–H and O–H groups in total. The Morgan fingerprint density at radius 3 is 2.28 bits per heavy atom. The number of methoxy groups -OCH3 is 1. The lowest BCUT2D eigenvalue weighted by molar-refractivity contribution is -0.146. The summed E-state index contributed by atoms with van der Waals surface area (Å²) in [6.07, 6.45) is -0.166. The molecule has 1 atom stereocenters. The van der Waals surface area contributed by atoms with E-state index in [9.17, 15) is 14.7 Å². The third kappa shape index (κ3) is 7.49. The zero-order valence-corrected chi connectivity index (χ0v) is 17.4. The normalized spacial score (nSPS) is 12.1. The molecular formula is C23H29NO5. The summed E-state index contributed by atoms with van der Waals surface area (Å²) in [5, 5.41) is 9.71. The van der Waals surface area contributed by atoms with Crippen LogP contribution in [0.3, 0.4) is 0 Å². The highest BCUT2D eigenvalue weighted by Crippen LogP contribution is 2.20. The molecule has 0 saturated carbocycles. The topological polar surface area (TPSA) is 76.1 Å². The first-order valence-electron chi connectivity index (χ1n) is 9.55. The summed E-state index contributed by atoms with van der Waals surface area (Å²) in [6, 6.07) is 16.2. The van der Waals surface area contributed by atoms with Gasteiger partial charge in [0.2, 0.25) is 0 Å². The van der Waals surface area contributed by atoms with Crippen molar-refractivity contribution in [1.82, 2.24) is 4.90 Å². The molecule has 1 amide bonds. The maximum atomic E-state index is 12.8. The standard InChI is InChI=1S/C23H29NO5/c1-23(2,3)29-22(27)24(15-17-9-6-5-7-10-17)16-19(21(26)28-4)13-18-11-8-12-20(25)14-18/h5-12,14,19,25H,13,15-16H2,1-4H3. The zero-order valence-electron chi connectivity index (χ0n) is 17.4. The van der Waals surface area contributed by atoms with E-state index in [0.717, 1.165) is 11.1 Å². The van der Waals surface area contributed by atoms with E-state index in [-0.39, 0.29) is 12.3 Å². The summed E-state index contributed by atoms with van der Waals surface area (Å²) >= 11 is 0. The van der Waals surface area contributed by atoms with Gasteiger partial charge in [-0.15, -0.1) is 0 Å². The molecule has 0 aliphatic heterocycles. The van der Waals surface area contributed by atoms with Crippen molar-refractivity contribution in [2.45, 2.75) is 39.3 Å². The quantitative estimate of drug-likeness (QED) is 0.708. The van der Waals surface area contributed by atoms with Gasteiger partial charge in [0.15, 0.2) is 0 Å². The number of amides is 1. The Kier molecular flexibility index (Phi) is 7.65. The zero-order chi connectivity index (χ0) is 21.4. The smallest absolute Gasteiger partial charge is 0.410 e. The predicted molar refractivity (Wildman–Crippen MR) is 110 cm³/mol. The van der Waals surface area contributed by atoms with Crippen LogP contribution in [-0.2, 0) is 27.2 Å². The first kappa shape index (κ1) is 22.3. The van der Waals surface area contributed by atoms with Crippen molar-refractivity contribution >= 4 is 12.1 Å². The third-order valence-electron chi connectivity index (χ3n) is 4.24. The van der Waals surface area contributed by atoms with Gasteiger partial charge in [-0.3, -0.25) is 4.79 Å². The van der Waals surface area contributed by atoms with Gasteiger partial charge in [-0.25, -0.2) is 4.79 Å². The van der Waals surface area contributed by atoms with E-state index < -0.39 is 23.6 Å². The van der Waals surface area contributed by atoms with Crippen LogP contribution in [0.15, 0.2) is 54.6 Å². The van der Waals surface area contributed by atoms with Crippen LogP contribution in [0.4, 0.5) is 4.79 Å². The van der Waals surface area contributed by atoms with Crippen LogP contribution in [0, 0.1) is 5.92 Å². The van der Waals surface area contributed by atoms with Crippen LogP contribution in [0.5, 0.6) is 5.75 Å². The maximum absolute atomic E-state index is 12.8. The highest BCUT2D eigenvalue weighted by molar-refractivity contribution is 5.74. The molecule has 1 unspecified atom stereocenters. The second-order valence-corrected chi connectivity index (χ2v) is 7.94. The van der Waals surface area contributed by atoms with Crippen molar-refractivity contribution in [3.8, 4) is 5.75 Å². The Balaban J connectivity index is 2.25. The van der Waals surface area contributed by atoms with E-state index in [4.69, 9.17) is 9.47 Å². The van der Waals surface area contributed by atoms with Crippen molar-refractivity contribution < 1.29 is 24.2 Å². The lowest BCUT2D eigenvalue weighted by Gasteiger charge is -2.29. The largest absolute Gasteiger partial charge is 0.508 e. The van der Waals surface area contributed by atoms with Crippen LogP contribution < -0.4 is 0 Å². The number of benzene rings is 2. The molecule has 6 nitrogen and oxygen atoms in total. The van der Waals surface area contributed by atoms with Crippen LogP contribution in [-0.4, -0.2) is 41.3 Å². The monoisotopic (exact) mass is 399 g/mol. The number of hydrogen-bond donors (Lipinski definition) is 1. The minimum Gasteiger partial charge on any atom is -0.508 e. The van der Waals surface area contributed by atoms with Gasteiger partial charge in [-0.2, -0.15) is 0 Å². The SMILES string of the molecule is COC(=O)C(Cc1cccc(O)c1)CN(Cc1ccccc1)C(=O)OC(C)(C)C. The highest BCUT2D eigenvalue weighted by Gasteiger charge is 2.29. The van der Waals surface area contributed by atoms with Crippen LogP contribution >= 0.6 is 0 Å². The Hall–Kier alpha value is -3.02. The molecule has 0 bridgehead atoms. The summed E-state index contributed by atoms with van der Waals surface area (Å²) < 4.78 is 10.5. The molecular weight excluding hydrogens is 370 g/mol. The van der Waals surface area contributed by atoms with Crippen molar-refractivity contribution in [2.75, 3.05) is 13.7 Å². The number of ether oxygens (including phenoxy) is 2. The number of carbonyl (C=O) groups is 2. The van der Waals surface area contributed by atoms with Crippen LogP contribution in [0.2, 0.25) is 0 Å². The van der Waals surface area contributed by atoms with Crippen molar-refractivity contribution in [2.24, 2.45) is 5.92 Å². The number of aromatic hydroxyl groups is 1. The molecule has 2 rings (SSSR count). The molecule has 0 radical (unpaired) electrons. The second kappa shape index (κ2) is 9.96. The van der Waals surface area contributed by atoms with Gasteiger partial charge >= 0.3 is 12.1 Å². The molecule has 0 fully saturated rings. The van der Waals surface area contributed by atoms with Gasteiger partial charge in [0.1, 0.15) is 11.4 Å². The van der Waals surface area contributed by atoms with Gasteiger partial charge in [-0.05, 0) is 50.5 Å². The lowest BCUT2D eigenvalue weighted by Crippen LogP contribution is -2.41. The Bertz CT molecular complexity index is 814. The fraction of sp³-hybridized carbons (Fsp3) is 0.391. The molecule has 0 aliphatic carbocycles. The van der Waals surface area contributed by atoms with E-state index >= 15 is 0 Å². The highest BCUT2D eigenvalue weighted by atomic mass is 16.6. The van der Waals surface area contributed by atoms with Crippen molar-refractivity contribution in [1.29, 1.82) is 0 Å². The molecule has 0 heterocycles. The molecule has 0 aromatic heterocycles. The first-order chi connectivity index (χ1) is 13.7. The van der Waals surface area contributed by atoms with E-state index in [1.165, 1.54) is 12.0 Å². The third-order valence-corrected chi connectivity index (χ3v) is 4.24. The number of esters is 1. The maximum Gasteiger partial charge on any atom is 0.410 e. The number of hydrogen-bond acceptors (Lipinski definition) is 5. The second-order valence-electron chi connectivity index (χ2n) is 7.94. The Morgan fingerprint density at radius 2 is 1.69 bits per heavy atom. The number of phenols is 1. The van der Waals surface area contributed by atoms with Crippen LogP contribution in [0.1, 0.15) is 31.9 Å². The summed E-state index contributed by atoms with van der Waals surface area (Å²) in [5.41, 5.74) is 1.06. The fourth-order valence-electron chi connectivity index (χ4n) is 2.96. The predicted octanol–water partition coefficient (Wildman–Crippen LogP) is 4.16. The minimum absolute atomic E-state index is 0.124. The Morgan fingerprint density at radius 1 is 1.03 bits per heavy atom. The van der Waals surface area contributed by atoms with Crippen LogP contribution in [0.25, 0.3) is 0 Å². The molecule has 0 spiro atoms. The first-order valence-corrected chi connectivity index (χ1v) is 9.55. The van der Waals surface area contributed by atoms with Gasteiger partial charge in [-0.1, -0.05) is 42.5 Å². The molecule has 29 heavy (non-hydrogen) atoms. The van der Waals surface area contributed by atoms with E-state index in [2.05, 4.69) is 0 Å².